The molecule has 35 heavy (non-hydrogen) atoms. The van der Waals surface area contributed by atoms with Gasteiger partial charge in [-0.1, -0.05) is 128 Å². The molecule has 0 saturated heterocycles. The number of allylic oxidation sites excluding steroid dienone is 2. The van der Waals surface area contributed by atoms with E-state index in [1.807, 2.05) is 0 Å². The number of ether oxygens (including phenoxy) is 1. The molecule has 1 nitrogen and oxygen atoms in total. The van der Waals surface area contributed by atoms with Crippen LogP contribution < -0.4 is 0 Å². The maximum absolute atomic E-state index is 5.87. The first kappa shape index (κ1) is 30.7. The van der Waals surface area contributed by atoms with Crippen LogP contribution in [0.2, 0.25) is 0 Å². The van der Waals surface area contributed by atoms with Crippen LogP contribution in [0.15, 0.2) is 24.3 Å². The van der Waals surface area contributed by atoms with Crippen molar-refractivity contribution in [3.8, 4) is 0 Å². The van der Waals surface area contributed by atoms with Crippen molar-refractivity contribution in [3.05, 3.63) is 24.3 Å². The molecule has 0 bridgehead atoms. The molecular weight excluding hydrogens is 424 g/mol. The second-order valence-electron chi connectivity index (χ2n) is 12.1. The van der Waals surface area contributed by atoms with Crippen molar-refractivity contribution in [2.45, 2.75) is 155 Å². The molecule has 0 aromatic heterocycles. The molecule has 0 aliphatic heterocycles. The molecule has 2 saturated carbocycles. The summed E-state index contributed by atoms with van der Waals surface area (Å²) in [4.78, 5) is 0. The van der Waals surface area contributed by atoms with Crippen LogP contribution in [0.5, 0.6) is 0 Å². The number of unbranched alkanes of at least 4 members (excludes halogenated alkanes) is 10. The second-order valence-corrected chi connectivity index (χ2v) is 12.1. The fraction of sp³-hybridized carbons (Fsp3) is 0.882. The summed E-state index contributed by atoms with van der Waals surface area (Å²) in [6.45, 7) is 6.18. The molecule has 0 atom stereocenters. The molecule has 2 aliphatic rings. The van der Waals surface area contributed by atoms with E-state index >= 15 is 0 Å². The van der Waals surface area contributed by atoms with Gasteiger partial charge < -0.3 is 4.74 Å². The summed E-state index contributed by atoms with van der Waals surface area (Å²) in [6, 6.07) is 0. The van der Waals surface area contributed by atoms with E-state index in [2.05, 4.69) is 38.2 Å². The Balaban J connectivity index is 1.40. The van der Waals surface area contributed by atoms with Crippen LogP contribution in [0.3, 0.4) is 0 Å². The third-order valence-electron chi connectivity index (χ3n) is 8.96. The minimum Gasteiger partial charge on any atom is -0.373 e. The van der Waals surface area contributed by atoms with Gasteiger partial charge in [0.1, 0.15) is 0 Å². The van der Waals surface area contributed by atoms with Crippen LogP contribution in [0.25, 0.3) is 0 Å². The SMILES string of the molecule is CCCCCCCCC1CCC(C=CCOCC=CC2CCC(CCCCCCCC)CC2)CC1. The van der Waals surface area contributed by atoms with Gasteiger partial charge in [-0.05, 0) is 75.0 Å². The lowest BCUT2D eigenvalue weighted by atomic mass is 9.79. The Morgan fingerprint density at radius 2 is 0.857 bits per heavy atom. The molecule has 0 radical (unpaired) electrons. The molecular formula is C34H62O. The summed E-state index contributed by atoms with van der Waals surface area (Å²) in [6.07, 6.45) is 41.1. The van der Waals surface area contributed by atoms with Gasteiger partial charge in [0.05, 0.1) is 13.2 Å². The van der Waals surface area contributed by atoms with Crippen molar-refractivity contribution >= 4 is 0 Å². The zero-order valence-electron chi connectivity index (χ0n) is 24.0. The van der Waals surface area contributed by atoms with Gasteiger partial charge in [-0.25, -0.2) is 0 Å². The van der Waals surface area contributed by atoms with Crippen LogP contribution in [-0.2, 0) is 4.74 Å². The third kappa shape index (κ3) is 16.0. The Kier molecular flexibility index (Phi) is 18.9. The maximum atomic E-state index is 5.87. The lowest BCUT2D eigenvalue weighted by Gasteiger charge is -2.26. The van der Waals surface area contributed by atoms with E-state index in [9.17, 15) is 0 Å². The Morgan fingerprint density at radius 3 is 1.26 bits per heavy atom. The lowest BCUT2D eigenvalue weighted by molar-refractivity contribution is 0.192. The van der Waals surface area contributed by atoms with Crippen molar-refractivity contribution in [3.63, 3.8) is 0 Å². The molecule has 2 aliphatic carbocycles. The number of hydrogen-bond acceptors (Lipinski definition) is 1. The highest BCUT2D eigenvalue weighted by Gasteiger charge is 2.19. The van der Waals surface area contributed by atoms with E-state index < -0.39 is 0 Å². The average Bonchev–Trinajstić information content (AvgIpc) is 2.89. The van der Waals surface area contributed by atoms with Gasteiger partial charge in [-0.2, -0.15) is 0 Å². The molecule has 1 heteroatoms. The van der Waals surface area contributed by atoms with E-state index in [0.29, 0.717) is 0 Å². The Morgan fingerprint density at radius 1 is 0.486 bits per heavy atom. The Bertz CT molecular complexity index is 459. The van der Waals surface area contributed by atoms with Crippen LogP contribution in [0, 0.1) is 23.7 Å². The fourth-order valence-electron chi connectivity index (χ4n) is 6.47. The molecule has 2 rings (SSSR count). The molecule has 0 heterocycles. The van der Waals surface area contributed by atoms with E-state index in [1.54, 1.807) is 0 Å². The van der Waals surface area contributed by atoms with Crippen molar-refractivity contribution in [2.75, 3.05) is 13.2 Å². The summed E-state index contributed by atoms with van der Waals surface area (Å²) in [5.41, 5.74) is 0. The second kappa shape index (κ2) is 21.5. The van der Waals surface area contributed by atoms with Gasteiger partial charge in [0.25, 0.3) is 0 Å². The lowest BCUT2D eigenvalue weighted by Crippen LogP contribution is -2.13. The van der Waals surface area contributed by atoms with Crippen molar-refractivity contribution in [1.82, 2.24) is 0 Å². The molecule has 0 N–H and O–H groups in total. The first-order valence-electron chi connectivity index (χ1n) is 16.2. The van der Waals surface area contributed by atoms with Crippen molar-refractivity contribution in [2.24, 2.45) is 23.7 Å². The van der Waals surface area contributed by atoms with E-state index in [1.165, 1.54) is 141 Å². The molecule has 0 aromatic carbocycles. The quantitative estimate of drug-likeness (QED) is 0.123. The predicted molar refractivity (Wildman–Crippen MR) is 156 cm³/mol. The largest absolute Gasteiger partial charge is 0.373 e. The molecule has 0 amide bonds. The van der Waals surface area contributed by atoms with Crippen molar-refractivity contribution in [1.29, 1.82) is 0 Å². The summed E-state index contributed by atoms with van der Waals surface area (Å²) in [7, 11) is 0. The third-order valence-corrected chi connectivity index (χ3v) is 8.96. The summed E-state index contributed by atoms with van der Waals surface area (Å²) in [5, 5.41) is 0. The minimum atomic E-state index is 0.785. The first-order chi connectivity index (χ1) is 17.3. The van der Waals surface area contributed by atoms with Crippen LogP contribution in [0.1, 0.15) is 155 Å². The minimum absolute atomic E-state index is 0.785. The number of rotatable bonds is 20. The Hall–Kier alpha value is -0.560. The maximum Gasteiger partial charge on any atom is 0.0651 e. The van der Waals surface area contributed by atoms with Gasteiger partial charge in [0, 0.05) is 0 Å². The summed E-state index contributed by atoms with van der Waals surface area (Å²) >= 11 is 0. The number of hydrogen-bond donors (Lipinski definition) is 0. The predicted octanol–water partition coefficient (Wildman–Crippen LogP) is 11.2. The van der Waals surface area contributed by atoms with Gasteiger partial charge in [0.15, 0.2) is 0 Å². The first-order valence-corrected chi connectivity index (χ1v) is 16.2. The normalized spacial score (nSPS) is 25.7. The van der Waals surface area contributed by atoms with Gasteiger partial charge in [-0.3, -0.25) is 0 Å². The van der Waals surface area contributed by atoms with Crippen LogP contribution >= 0.6 is 0 Å². The topological polar surface area (TPSA) is 9.23 Å². The fourth-order valence-corrected chi connectivity index (χ4v) is 6.47. The molecule has 0 unspecified atom stereocenters. The van der Waals surface area contributed by atoms with E-state index in [0.717, 1.165) is 36.9 Å². The highest BCUT2D eigenvalue weighted by atomic mass is 16.5. The van der Waals surface area contributed by atoms with E-state index in [4.69, 9.17) is 4.74 Å². The molecule has 0 spiro atoms. The standard InChI is InChI=1S/C34H62O/c1-3-5-7-9-11-13-17-31-21-25-33(26-22-31)19-15-29-35-30-16-20-34-27-23-32(24-28-34)18-14-12-10-8-6-4-2/h15-16,19-20,31-34H,3-14,17-18,21-30H2,1-2H3. The molecule has 204 valence electrons. The van der Waals surface area contributed by atoms with Crippen molar-refractivity contribution < 1.29 is 4.74 Å². The summed E-state index contributed by atoms with van der Waals surface area (Å²) in [5.74, 6) is 3.64. The smallest absolute Gasteiger partial charge is 0.0651 e. The van der Waals surface area contributed by atoms with Crippen LogP contribution in [0.4, 0.5) is 0 Å². The zero-order chi connectivity index (χ0) is 24.8. The van der Waals surface area contributed by atoms with Gasteiger partial charge >= 0.3 is 0 Å². The highest BCUT2D eigenvalue weighted by molar-refractivity contribution is 4.93. The molecule has 2 fully saturated rings. The Labute approximate surface area is 221 Å². The van der Waals surface area contributed by atoms with E-state index in [-0.39, 0.29) is 0 Å². The molecule has 0 aromatic rings. The van der Waals surface area contributed by atoms with Crippen LogP contribution in [-0.4, -0.2) is 13.2 Å². The highest BCUT2D eigenvalue weighted by Crippen LogP contribution is 2.33. The zero-order valence-corrected chi connectivity index (χ0v) is 24.0. The average molecular weight is 487 g/mol. The van der Waals surface area contributed by atoms with Gasteiger partial charge in [-0.15, -0.1) is 0 Å². The summed E-state index contributed by atoms with van der Waals surface area (Å²) < 4.78 is 5.87. The van der Waals surface area contributed by atoms with Gasteiger partial charge in [0.2, 0.25) is 0 Å². The monoisotopic (exact) mass is 486 g/mol.